The molecule has 0 aromatic carbocycles. The van der Waals surface area contributed by atoms with Gasteiger partial charge in [-0.05, 0) is 5.25 Å². The highest BCUT2D eigenvalue weighted by Crippen LogP contribution is 2.07. The van der Waals surface area contributed by atoms with Gasteiger partial charge in [0.1, 0.15) is 5.78 Å². The van der Waals surface area contributed by atoms with Crippen molar-refractivity contribution in [2.24, 2.45) is 0 Å². The molecule has 0 saturated heterocycles. The first-order valence-corrected chi connectivity index (χ1v) is 6.01. The van der Waals surface area contributed by atoms with E-state index in [0.717, 1.165) is 0 Å². The van der Waals surface area contributed by atoms with E-state index in [2.05, 4.69) is 19.2 Å². The molecule has 0 atom stereocenters. The molecule has 0 aliphatic carbocycles. The summed E-state index contributed by atoms with van der Waals surface area (Å²) in [5, 5.41) is 3.19. The molecule has 0 radical (unpaired) electrons. The average molecular weight is 217 g/mol. The molecular weight excluding hydrogens is 198 g/mol. The van der Waals surface area contributed by atoms with Crippen LogP contribution in [0, 0.1) is 0 Å². The van der Waals surface area contributed by atoms with Crippen molar-refractivity contribution >= 4 is 23.5 Å². The number of nitrogens with one attached hydrogen (secondary N) is 1. The number of thioether (sulfide) groups is 1. The van der Waals surface area contributed by atoms with Gasteiger partial charge in [-0.2, -0.15) is 0 Å². The zero-order valence-corrected chi connectivity index (χ0v) is 9.95. The molecule has 0 aliphatic rings. The summed E-state index contributed by atoms with van der Waals surface area (Å²) in [7, 11) is 0. The molecule has 4 heteroatoms. The number of ketones is 1. The number of hydrogen-bond acceptors (Lipinski definition) is 3. The van der Waals surface area contributed by atoms with Crippen LogP contribution in [0.4, 0.5) is 0 Å². The van der Waals surface area contributed by atoms with Crippen molar-refractivity contribution in [2.75, 3.05) is 12.3 Å². The lowest BCUT2D eigenvalue weighted by molar-refractivity contribution is -0.119. The Morgan fingerprint density at radius 1 is 1.36 bits per heavy atom. The van der Waals surface area contributed by atoms with Gasteiger partial charge < -0.3 is 5.32 Å². The van der Waals surface area contributed by atoms with Gasteiger partial charge in [0, 0.05) is 19.4 Å². The van der Waals surface area contributed by atoms with Crippen molar-refractivity contribution in [3.63, 3.8) is 0 Å². The van der Waals surface area contributed by atoms with Gasteiger partial charge in [0.2, 0.25) is 5.91 Å². The minimum Gasteiger partial charge on any atom is -0.355 e. The van der Waals surface area contributed by atoms with Crippen molar-refractivity contribution in [3.8, 4) is 0 Å². The molecular formula is C10H19NO2S. The number of carbonyl (C=O) groups is 2. The number of hydrogen-bond donors (Lipinski definition) is 1. The van der Waals surface area contributed by atoms with E-state index >= 15 is 0 Å². The highest BCUT2D eigenvalue weighted by molar-refractivity contribution is 8.00. The van der Waals surface area contributed by atoms with Crippen molar-refractivity contribution in [1.29, 1.82) is 0 Å². The fourth-order valence-electron chi connectivity index (χ4n) is 0.812. The molecule has 0 saturated carbocycles. The molecule has 0 aliphatic heterocycles. The molecule has 0 aromatic heterocycles. The van der Waals surface area contributed by atoms with Gasteiger partial charge in [-0.1, -0.05) is 20.8 Å². The number of carbonyl (C=O) groups excluding carboxylic acids is 2. The Bertz CT molecular complexity index is 193. The van der Waals surface area contributed by atoms with E-state index in [4.69, 9.17) is 0 Å². The number of amides is 1. The van der Waals surface area contributed by atoms with E-state index in [9.17, 15) is 9.59 Å². The largest absolute Gasteiger partial charge is 0.355 e. The lowest BCUT2D eigenvalue weighted by Gasteiger charge is -2.05. The van der Waals surface area contributed by atoms with Gasteiger partial charge in [0.25, 0.3) is 0 Å². The van der Waals surface area contributed by atoms with Gasteiger partial charge in [-0.3, -0.25) is 9.59 Å². The van der Waals surface area contributed by atoms with Crippen LogP contribution in [0.2, 0.25) is 0 Å². The first-order valence-electron chi connectivity index (χ1n) is 4.96. The molecule has 82 valence electrons. The monoisotopic (exact) mass is 217 g/mol. The van der Waals surface area contributed by atoms with Crippen LogP contribution >= 0.6 is 11.8 Å². The van der Waals surface area contributed by atoms with Crippen LogP contribution in [0.15, 0.2) is 0 Å². The highest BCUT2D eigenvalue weighted by Gasteiger charge is 2.04. The maximum Gasteiger partial charge on any atom is 0.230 e. The van der Waals surface area contributed by atoms with E-state index in [0.29, 0.717) is 30.4 Å². The van der Waals surface area contributed by atoms with Crippen molar-refractivity contribution in [1.82, 2.24) is 5.32 Å². The Kier molecular flexibility index (Phi) is 7.57. The summed E-state index contributed by atoms with van der Waals surface area (Å²) in [6.45, 7) is 6.42. The predicted molar refractivity (Wildman–Crippen MR) is 60.5 cm³/mol. The normalized spacial score (nSPS) is 10.3. The Hall–Kier alpha value is -0.510. The number of Topliss-reactive ketones (excluding diaryl/α,β-unsaturated/α-hetero) is 1. The van der Waals surface area contributed by atoms with E-state index in [1.54, 1.807) is 11.8 Å². The standard InChI is InChI=1S/C10H19NO2S/c1-4-9(12)5-6-11-10(13)7-14-8(2)3/h8H,4-7H2,1-3H3,(H,11,13). The number of rotatable bonds is 7. The van der Waals surface area contributed by atoms with Crippen LogP contribution < -0.4 is 5.32 Å². The zero-order valence-electron chi connectivity index (χ0n) is 9.13. The lowest BCUT2D eigenvalue weighted by atomic mass is 10.2. The fraction of sp³-hybridized carbons (Fsp3) is 0.800. The van der Waals surface area contributed by atoms with Crippen LogP contribution in [-0.4, -0.2) is 29.2 Å². The fourth-order valence-corrected chi connectivity index (χ4v) is 1.40. The van der Waals surface area contributed by atoms with Crippen LogP contribution in [0.3, 0.4) is 0 Å². The molecule has 0 fully saturated rings. The van der Waals surface area contributed by atoms with Crippen LogP contribution in [0.25, 0.3) is 0 Å². The minimum atomic E-state index is 0.0209. The molecule has 0 bridgehead atoms. The maximum absolute atomic E-state index is 11.2. The third-order valence-corrected chi connectivity index (χ3v) is 2.76. The first kappa shape index (κ1) is 13.5. The SMILES string of the molecule is CCC(=O)CCNC(=O)CSC(C)C. The highest BCUT2D eigenvalue weighted by atomic mass is 32.2. The summed E-state index contributed by atoms with van der Waals surface area (Å²) in [4.78, 5) is 22.1. The van der Waals surface area contributed by atoms with E-state index in [-0.39, 0.29) is 11.7 Å². The third kappa shape index (κ3) is 8.10. The van der Waals surface area contributed by atoms with Crippen LogP contribution in [0.5, 0.6) is 0 Å². The van der Waals surface area contributed by atoms with Crippen LogP contribution in [0.1, 0.15) is 33.6 Å². The van der Waals surface area contributed by atoms with E-state index in [1.165, 1.54) is 0 Å². The smallest absolute Gasteiger partial charge is 0.230 e. The summed E-state index contributed by atoms with van der Waals surface area (Å²) in [6.07, 6.45) is 1.01. The Morgan fingerprint density at radius 2 is 2.00 bits per heavy atom. The van der Waals surface area contributed by atoms with E-state index < -0.39 is 0 Å². The summed E-state index contributed by atoms with van der Waals surface area (Å²) in [6, 6.07) is 0. The average Bonchev–Trinajstić information content (AvgIpc) is 2.14. The molecule has 3 nitrogen and oxygen atoms in total. The lowest BCUT2D eigenvalue weighted by Crippen LogP contribution is -2.27. The molecule has 0 aromatic rings. The summed E-state index contributed by atoms with van der Waals surface area (Å²) in [5.74, 6) is 0.701. The molecule has 0 spiro atoms. The van der Waals surface area contributed by atoms with Gasteiger partial charge in [0.15, 0.2) is 0 Å². The van der Waals surface area contributed by atoms with Gasteiger partial charge >= 0.3 is 0 Å². The molecule has 1 N–H and O–H groups in total. The molecule has 14 heavy (non-hydrogen) atoms. The van der Waals surface area contributed by atoms with Crippen molar-refractivity contribution < 1.29 is 9.59 Å². The second kappa shape index (κ2) is 7.85. The zero-order chi connectivity index (χ0) is 11.0. The first-order chi connectivity index (χ1) is 6.56. The van der Waals surface area contributed by atoms with Gasteiger partial charge in [-0.15, -0.1) is 11.8 Å². The summed E-state index contributed by atoms with van der Waals surface area (Å²) < 4.78 is 0. The summed E-state index contributed by atoms with van der Waals surface area (Å²) in [5.41, 5.74) is 0. The second-order valence-electron chi connectivity index (χ2n) is 3.35. The predicted octanol–water partition coefficient (Wildman–Crippen LogP) is 1.61. The third-order valence-electron chi connectivity index (χ3n) is 1.67. The Morgan fingerprint density at radius 3 is 2.50 bits per heavy atom. The maximum atomic E-state index is 11.2. The van der Waals surface area contributed by atoms with Gasteiger partial charge in [0.05, 0.1) is 5.75 Å². The Labute approximate surface area is 90.0 Å². The topological polar surface area (TPSA) is 46.2 Å². The van der Waals surface area contributed by atoms with Crippen LogP contribution in [-0.2, 0) is 9.59 Å². The quantitative estimate of drug-likeness (QED) is 0.705. The Balaban J connectivity index is 3.40. The molecule has 0 rings (SSSR count). The van der Waals surface area contributed by atoms with Crippen molar-refractivity contribution in [2.45, 2.75) is 38.9 Å². The minimum absolute atomic E-state index is 0.0209. The second-order valence-corrected chi connectivity index (χ2v) is 4.92. The molecule has 0 heterocycles. The van der Waals surface area contributed by atoms with E-state index in [1.807, 2.05) is 6.92 Å². The van der Waals surface area contributed by atoms with Crippen molar-refractivity contribution in [3.05, 3.63) is 0 Å². The summed E-state index contributed by atoms with van der Waals surface area (Å²) >= 11 is 1.61. The van der Waals surface area contributed by atoms with Gasteiger partial charge in [-0.25, -0.2) is 0 Å². The molecule has 1 amide bonds. The molecule has 0 unspecified atom stereocenters.